The summed E-state index contributed by atoms with van der Waals surface area (Å²) in [6, 6.07) is 6.76. The van der Waals surface area contributed by atoms with Crippen LogP contribution in [-0.2, 0) is 10.2 Å². The van der Waals surface area contributed by atoms with Crippen LogP contribution in [-0.4, -0.2) is 25.5 Å². The van der Waals surface area contributed by atoms with Crippen molar-refractivity contribution in [2.75, 3.05) is 19.6 Å². The lowest BCUT2D eigenvalue weighted by atomic mass is 9.64. The van der Waals surface area contributed by atoms with E-state index in [1.165, 1.54) is 18.6 Å². The zero-order chi connectivity index (χ0) is 14.7. The average molecular weight is 327 g/mol. The number of rotatable bonds is 4. The number of benzene rings is 1. The van der Waals surface area contributed by atoms with Gasteiger partial charge in [0.2, 0.25) is 5.91 Å². The minimum absolute atomic E-state index is 0. The van der Waals surface area contributed by atoms with Crippen LogP contribution in [0.15, 0.2) is 24.3 Å². The first-order valence-electron chi connectivity index (χ1n) is 7.94. The second-order valence-electron chi connectivity index (χ2n) is 6.40. The second-order valence-corrected chi connectivity index (χ2v) is 6.40. The molecule has 2 fully saturated rings. The van der Waals surface area contributed by atoms with Crippen molar-refractivity contribution < 1.29 is 9.18 Å². The fourth-order valence-corrected chi connectivity index (χ4v) is 3.45. The fraction of sp³-hybridized carbons (Fsp3) is 0.588. The largest absolute Gasteiger partial charge is 0.355 e. The quantitative estimate of drug-likeness (QED) is 0.893. The molecule has 3 nitrogen and oxygen atoms in total. The summed E-state index contributed by atoms with van der Waals surface area (Å²) < 4.78 is 13.1. The highest BCUT2D eigenvalue weighted by Gasteiger charge is 2.39. The number of carbonyl (C=O) groups is 1. The van der Waals surface area contributed by atoms with Crippen molar-refractivity contribution in [3.05, 3.63) is 35.6 Å². The number of carbonyl (C=O) groups excluding carboxylic acids is 1. The van der Waals surface area contributed by atoms with E-state index in [4.69, 9.17) is 0 Å². The molecule has 0 spiro atoms. The van der Waals surface area contributed by atoms with Gasteiger partial charge < -0.3 is 10.6 Å². The number of piperidine rings is 1. The van der Waals surface area contributed by atoms with Crippen LogP contribution in [0, 0.1) is 11.7 Å². The van der Waals surface area contributed by atoms with Crippen molar-refractivity contribution in [2.24, 2.45) is 5.92 Å². The van der Waals surface area contributed by atoms with Crippen LogP contribution < -0.4 is 10.6 Å². The minimum atomic E-state index is -0.203. The Balaban J connectivity index is 0.00000176. The van der Waals surface area contributed by atoms with Crippen LogP contribution >= 0.6 is 12.4 Å². The number of hydrogen-bond acceptors (Lipinski definition) is 2. The summed E-state index contributed by atoms with van der Waals surface area (Å²) in [4.78, 5) is 12.3. The Bertz CT molecular complexity index is 496. The molecule has 1 heterocycles. The summed E-state index contributed by atoms with van der Waals surface area (Å²) >= 11 is 0. The molecule has 5 heteroatoms. The molecule has 1 aliphatic carbocycles. The zero-order valence-corrected chi connectivity index (χ0v) is 13.6. The van der Waals surface area contributed by atoms with E-state index in [0.29, 0.717) is 6.54 Å². The van der Waals surface area contributed by atoms with E-state index in [1.807, 2.05) is 12.1 Å². The van der Waals surface area contributed by atoms with Gasteiger partial charge in [0, 0.05) is 18.5 Å². The lowest BCUT2D eigenvalue weighted by Gasteiger charge is -2.43. The summed E-state index contributed by atoms with van der Waals surface area (Å²) in [6.45, 7) is 2.48. The van der Waals surface area contributed by atoms with E-state index in [-0.39, 0.29) is 35.5 Å². The molecule has 0 radical (unpaired) electrons. The first kappa shape index (κ1) is 17.2. The van der Waals surface area contributed by atoms with Crippen molar-refractivity contribution in [2.45, 2.75) is 37.5 Å². The van der Waals surface area contributed by atoms with Crippen molar-refractivity contribution in [1.29, 1.82) is 0 Å². The maximum atomic E-state index is 13.1. The smallest absolute Gasteiger partial charge is 0.224 e. The van der Waals surface area contributed by atoms with Gasteiger partial charge in [-0.2, -0.15) is 0 Å². The van der Waals surface area contributed by atoms with E-state index in [1.54, 1.807) is 0 Å². The van der Waals surface area contributed by atoms with Gasteiger partial charge >= 0.3 is 0 Å². The molecule has 2 N–H and O–H groups in total. The molecule has 1 aliphatic heterocycles. The highest BCUT2D eigenvalue weighted by Crippen LogP contribution is 2.43. The molecule has 1 aromatic carbocycles. The van der Waals surface area contributed by atoms with Gasteiger partial charge in [0.25, 0.3) is 0 Å². The number of hydrogen-bond donors (Lipinski definition) is 2. The van der Waals surface area contributed by atoms with Gasteiger partial charge in [-0.3, -0.25) is 4.79 Å². The second kappa shape index (κ2) is 7.42. The molecule has 122 valence electrons. The van der Waals surface area contributed by atoms with E-state index < -0.39 is 0 Å². The normalized spacial score (nSPS) is 23.0. The maximum absolute atomic E-state index is 13.1. The fourth-order valence-electron chi connectivity index (χ4n) is 3.45. The number of nitrogens with one attached hydrogen (secondary N) is 2. The monoisotopic (exact) mass is 326 g/mol. The van der Waals surface area contributed by atoms with Crippen molar-refractivity contribution in [1.82, 2.24) is 10.6 Å². The lowest BCUT2D eigenvalue weighted by molar-refractivity contribution is -0.125. The molecule has 1 saturated heterocycles. The van der Waals surface area contributed by atoms with Gasteiger partial charge in [-0.25, -0.2) is 4.39 Å². The molecular weight excluding hydrogens is 303 g/mol. The first-order chi connectivity index (χ1) is 10.2. The Morgan fingerprint density at radius 3 is 2.55 bits per heavy atom. The SMILES string of the molecule is Cl.O=C(NCC1(c2ccc(F)cc2)CCC1)C1CCCNC1. The standard InChI is InChI=1S/C17H23FN2O.ClH/c18-15-6-4-14(5-7-15)17(8-2-9-17)12-20-16(21)13-3-1-10-19-11-13;/h4-7,13,19H,1-3,8-12H2,(H,20,21);1H. The van der Waals surface area contributed by atoms with Gasteiger partial charge in [0.05, 0.1) is 5.92 Å². The van der Waals surface area contributed by atoms with Gasteiger partial charge in [0.1, 0.15) is 5.82 Å². The average Bonchev–Trinajstić information content (AvgIpc) is 2.48. The van der Waals surface area contributed by atoms with Gasteiger partial charge in [-0.15, -0.1) is 12.4 Å². The lowest BCUT2D eigenvalue weighted by Crippen LogP contribution is -2.48. The van der Waals surface area contributed by atoms with Crippen molar-refractivity contribution >= 4 is 18.3 Å². The van der Waals surface area contributed by atoms with Crippen LogP contribution in [0.2, 0.25) is 0 Å². The van der Waals surface area contributed by atoms with E-state index in [9.17, 15) is 9.18 Å². The van der Waals surface area contributed by atoms with Crippen LogP contribution in [0.5, 0.6) is 0 Å². The Labute approximate surface area is 137 Å². The van der Waals surface area contributed by atoms with Gasteiger partial charge in [-0.1, -0.05) is 18.6 Å². The van der Waals surface area contributed by atoms with E-state index >= 15 is 0 Å². The summed E-state index contributed by atoms with van der Waals surface area (Å²) in [5.74, 6) is 0.0604. The Kier molecular flexibility index (Phi) is 5.81. The molecule has 1 aromatic rings. The summed E-state index contributed by atoms with van der Waals surface area (Å²) in [6.07, 6.45) is 5.37. The third-order valence-corrected chi connectivity index (χ3v) is 5.04. The predicted octanol–water partition coefficient (Wildman–Crippen LogP) is 2.79. The Morgan fingerprint density at radius 2 is 2.00 bits per heavy atom. The topological polar surface area (TPSA) is 41.1 Å². The molecule has 1 saturated carbocycles. The molecular formula is C17H24ClFN2O. The highest BCUT2D eigenvalue weighted by atomic mass is 35.5. The molecule has 22 heavy (non-hydrogen) atoms. The third-order valence-electron chi connectivity index (χ3n) is 5.04. The van der Waals surface area contributed by atoms with E-state index in [0.717, 1.165) is 44.3 Å². The summed E-state index contributed by atoms with van der Waals surface area (Å²) in [5, 5.41) is 6.41. The number of halogens is 2. The summed E-state index contributed by atoms with van der Waals surface area (Å²) in [5.41, 5.74) is 1.17. The van der Waals surface area contributed by atoms with Crippen molar-refractivity contribution in [3.63, 3.8) is 0 Å². The van der Waals surface area contributed by atoms with Crippen molar-refractivity contribution in [3.8, 4) is 0 Å². The van der Waals surface area contributed by atoms with Crippen LogP contribution in [0.25, 0.3) is 0 Å². The zero-order valence-electron chi connectivity index (χ0n) is 12.7. The molecule has 1 unspecified atom stereocenters. The first-order valence-corrected chi connectivity index (χ1v) is 7.94. The summed E-state index contributed by atoms with van der Waals surface area (Å²) in [7, 11) is 0. The predicted molar refractivity (Wildman–Crippen MR) is 87.8 cm³/mol. The molecule has 2 aliphatic rings. The Morgan fingerprint density at radius 1 is 1.27 bits per heavy atom. The third kappa shape index (κ3) is 3.61. The Hall–Kier alpha value is -1.13. The molecule has 3 rings (SSSR count). The minimum Gasteiger partial charge on any atom is -0.355 e. The highest BCUT2D eigenvalue weighted by molar-refractivity contribution is 5.85. The van der Waals surface area contributed by atoms with Gasteiger partial charge in [0.15, 0.2) is 0 Å². The van der Waals surface area contributed by atoms with E-state index in [2.05, 4.69) is 10.6 Å². The van der Waals surface area contributed by atoms with Crippen LogP contribution in [0.3, 0.4) is 0 Å². The molecule has 1 amide bonds. The van der Waals surface area contributed by atoms with Gasteiger partial charge in [-0.05, 0) is 49.9 Å². The maximum Gasteiger partial charge on any atom is 0.224 e. The molecule has 0 aromatic heterocycles. The molecule has 0 bridgehead atoms. The van der Waals surface area contributed by atoms with Crippen LogP contribution in [0.1, 0.15) is 37.7 Å². The molecule has 1 atom stereocenters. The number of amides is 1. The van der Waals surface area contributed by atoms with Crippen LogP contribution in [0.4, 0.5) is 4.39 Å².